The molecule has 1 aliphatic rings. The summed E-state index contributed by atoms with van der Waals surface area (Å²) in [7, 11) is 0. The zero-order valence-corrected chi connectivity index (χ0v) is 15.4. The molecule has 0 aromatic heterocycles. The van der Waals surface area contributed by atoms with Crippen LogP contribution in [0.5, 0.6) is 0 Å². The highest BCUT2D eigenvalue weighted by Gasteiger charge is 2.14. The van der Waals surface area contributed by atoms with Crippen molar-refractivity contribution in [3.63, 3.8) is 0 Å². The van der Waals surface area contributed by atoms with Crippen molar-refractivity contribution in [3.05, 3.63) is 0 Å². The van der Waals surface area contributed by atoms with Gasteiger partial charge in [-0.05, 0) is 43.9 Å². The highest BCUT2D eigenvalue weighted by molar-refractivity contribution is 14.0. The maximum absolute atomic E-state index is 4.66. The predicted octanol–water partition coefficient (Wildman–Crippen LogP) is 2.81. The first-order chi connectivity index (χ1) is 8.36. The van der Waals surface area contributed by atoms with Gasteiger partial charge in [-0.15, -0.1) is 24.0 Å². The lowest BCUT2D eigenvalue weighted by atomic mass is 10.2. The molecule has 0 aliphatic carbocycles. The van der Waals surface area contributed by atoms with Gasteiger partial charge in [0.25, 0.3) is 0 Å². The number of rotatable bonds is 7. The molecule has 0 radical (unpaired) electrons. The van der Waals surface area contributed by atoms with Crippen LogP contribution in [0.1, 0.15) is 26.2 Å². The van der Waals surface area contributed by atoms with Crippen molar-refractivity contribution >= 4 is 53.5 Å². The van der Waals surface area contributed by atoms with Gasteiger partial charge >= 0.3 is 0 Å². The lowest BCUT2D eigenvalue weighted by molar-refractivity contribution is 0.757. The fourth-order valence-corrected chi connectivity index (χ4v) is 3.36. The van der Waals surface area contributed by atoms with Crippen LogP contribution in [0.2, 0.25) is 0 Å². The molecule has 108 valence electrons. The van der Waals surface area contributed by atoms with E-state index in [1.54, 1.807) is 0 Å². The van der Waals surface area contributed by atoms with Crippen molar-refractivity contribution in [1.82, 2.24) is 10.6 Å². The van der Waals surface area contributed by atoms with Gasteiger partial charge in [0.15, 0.2) is 5.96 Å². The number of thioether (sulfide) groups is 2. The SMILES string of the molecule is CCNC(=NCC1CCCS1)NCCCSC.I. The Bertz CT molecular complexity index is 221. The lowest BCUT2D eigenvalue weighted by Crippen LogP contribution is -2.38. The van der Waals surface area contributed by atoms with Gasteiger partial charge in [0.05, 0.1) is 6.54 Å². The Morgan fingerprint density at radius 1 is 1.44 bits per heavy atom. The molecule has 18 heavy (non-hydrogen) atoms. The summed E-state index contributed by atoms with van der Waals surface area (Å²) >= 11 is 3.97. The van der Waals surface area contributed by atoms with E-state index in [2.05, 4.69) is 40.6 Å². The summed E-state index contributed by atoms with van der Waals surface area (Å²) in [6.45, 7) is 5.03. The Kier molecular flexibility index (Phi) is 13.2. The Hall–Kier alpha value is 0.700. The minimum absolute atomic E-state index is 0. The molecule has 1 saturated heterocycles. The van der Waals surface area contributed by atoms with Crippen LogP contribution in [-0.2, 0) is 0 Å². The van der Waals surface area contributed by atoms with Crippen LogP contribution in [0.4, 0.5) is 0 Å². The zero-order valence-electron chi connectivity index (χ0n) is 11.4. The molecule has 0 saturated carbocycles. The molecule has 0 spiro atoms. The van der Waals surface area contributed by atoms with Crippen LogP contribution >= 0.6 is 47.5 Å². The largest absolute Gasteiger partial charge is 0.357 e. The molecule has 3 nitrogen and oxygen atoms in total. The summed E-state index contributed by atoms with van der Waals surface area (Å²) in [6.07, 6.45) is 6.04. The van der Waals surface area contributed by atoms with Crippen LogP contribution < -0.4 is 10.6 Å². The van der Waals surface area contributed by atoms with Crippen molar-refractivity contribution in [2.75, 3.05) is 37.4 Å². The highest BCUT2D eigenvalue weighted by Crippen LogP contribution is 2.25. The van der Waals surface area contributed by atoms with E-state index >= 15 is 0 Å². The van der Waals surface area contributed by atoms with Gasteiger partial charge in [0, 0.05) is 18.3 Å². The number of halogens is 1. The van der Waals surface area contributed by atoms with E-state index in [-0.39, 0.29) is 24.0 Å². The molecule has 1 unspecified atom stereocenters. The van der Waals surface area contributed by atoms with Gasteiger partial charge in [0.2, 0.25) is 0 Å². The fourth-order valence-electron chi connectivity index (χ4n) is 1.75. The molecule has 0 amide bonds. The minimum atomic E-state index is 0. The summed E-state index contributed by atoms with van der Waals surface area (Å²) in [4.78, 5) is 4.66. The van der Waals surface area contributed by atoms with E-state index in [1.165, 1.54) is 30.8 Å². The third-order valence-electron chi connectivity index (χ3n) is 2.64. The Balaban J connectivity index is 0.00000289. The molecule has 0 bridgehead atoms. The molecule has 1 rings (SSSR count). The molecule has 1 heterocycles. The second-order valence-electron chi connectivity index (χ2n) is 4.13. The van der Waals surface area contributed by atoms with E-state index in [9.17, 15) is 0 Å². The lowest BCUT2D eigenvalue weighted by Gasteiger charge is -2.12. The van der Waals surface area contributed by atoms with Gasteiger partial charge in [-0.2, -0.15) is 23.5 Å². The van der Waals surface area contributed by atoms with Crippen molar-refractivity contribution in [1.29, 1.82) is 0 Å². The van der Waals surface area contributed by atoms with Crippen LogP contribution in [0.15, 0.2) is 4.99 Å². The van der Waals surface area contributed by atoms with Gasteiger partial charge in [-0.1, -0.05) is 0 Å². The van der Waals surface area contributed by atoms with E-state index in [1.807, 2.05) is 11.8 Å². The maximum atomic E-state index is 4.66. The van der Waals surface area contributed by atoms with E-state index in [0.717, 1.165) is 30.8 Å². The minimum Gasteiger partial charge on any atom is -0.357 e. The molecular formula is C12H26IN3S2. The maximum Gasteiger partial charge on any atom is 0.191 e. The first kappa shape index (κ1) is 18.7. The number of hydrogen-bond donors (Lipinski definition) is 2. The third kappa shape index (κ3) is 8.74. The van der Waals surface area contributed by atoms with Crippen LogP contribution in [0.25, 0.3) is 0 Å². The van der Waals surface area contributed by atoms with Crippen LogP contribution in [-0.4, -0.2) is 48.6 Å². The molecule has 1 atom stereocenters. The fraction of sp³-hybridized carbons (Fsp3) is 0.917. The molecule has 1 aliphatic heterocycles. The first-order valence-corrected chi connectivity index (χ1v) is 8.93. The molecule has 0 aromatic carbocycles. The predicted molar refractivity (Wildman–Crippen MR) is 97.9 cm³/mol. The monoisotopic (exact) mass is 403 g/mol. The molecule has 6 heteroatoms. The molecule has 1 fully saturated rings. The zero-order chi connectivity index (χ0) is 12.3. The van der Waals surface area contributed by atoms with E-state index in [4.69, 9.17) is 0 Å². The van der Waals surface area contributed by atoms with Crippen molar-refractivity contribution in [3.8, 4) is 0 Å². The topological polar surface area (TPSA) is 36.4 Å². The van der Waals surface area contributed by atoms with E-state index in [0.29, 0.717) is 0 Å². The number of guanidine groups is 1. The summed E-state index contributed by atoms with van der Waals surface area (Å²) < 4.78 is 0. The Labute approximate surface area is 137 Å². The van der Waals surface area contributed by atoms with Gasteiger partial charge in [0.1, 0.15) is 0 Å². The summed E-state index contributed by atoms with van der Waals surface area (Å²) in [6, 6.07) is 0. The van der Waals surface area contributed by atoms with Crippen molar-refractivity contribution < 1.29 is 0 Å². The first-order valence-electron chi connectivity index (χ1n) is 6.49. The summed E-state index contributed by atoms with van der Waals surface area (Å²) in [5, 5.41) is 7.45. The number of hydrogen-bond acceptors (Lipinski definition) is 3. The van der Waals surface area contributed by atoms with Crippen LogP contribution in [0, 0.1) is 0 Å². The quantitative estimate of drug-likeness (QED) is 0.297. The van der Waals surface area contributed by atoms with Gasteiger partial charge < -0.3 is 10.6 Å². The smallest absolute Gasteiger partial charge is 0.191 e. The average Bonchev–Trinajstić information content (AvgIpc) is 2.84. The molecule has 2 N–H and O–H groups in total. The second kappa shape index (κ2) is 12.7. The third-order valence-corrected chi connectivity index (χ3v) is 4.72. The normalized spacial score (nSPS) is 19.4. The van der Waals surface area contributed by atoms with E-state index < -0.39 is 0 Å². The number of aliphatic imine (C=N–C) groups is 1. The number of nitrogens with zero attached hydrogens (tertiary/aromatic N) is 1. The average molecular weight is 403 g/mol. The molecular weight excluding hydrogens is 377 g/mol. The Morgan fingerprint density at radius 2 is 2.28 bits per heavy atom. The van der Waals surface area contributed by atoms with Gasteiger partial charge in [-0.3, -0.25) is 4.99 Å². The number of nitrogens with one attached hydrogen (secondary N) is 2. The van der Waals surface area contributed by atoms with Crippen molar-refractivity contribution in [2.24, 2.45) is 4.99 Å². The highest BCUT2D eigenvalue weighted by atomic mass is 127. The second-order valence-corrected chi connectivity index (χ2v) is 6.52. The molecule has 0 aromatic rings. The summed E-state index contributed by atoms with van der Waals surface area (Å²) in [5.41, 5.74) is 0. The van der Waals surface area contributed by atoms with Crippen LogP contribution in [0.3, 0.4) is 0 Å². The van der Waals surface area contributed by atoms with Crippen molar-refractivity contribution in [2.45, 2.75) is 31.4 Å². The van der Waals surface area contributed by atoms with Gasteiger partial charge in [-0.25, -0.2) is 0 Å². The Morgan fingerprint density at radius 3 is 2.89 bits per heavy atom. The summed E-state index contributed by atoms with van der Waals surface area (Å²) in [5.74, 6) is 3.52. The standard InChI is InChI=1S/C12H25N3S2.HI/c1-3-13-12(14-7-5-8-16-2)15-10-11-6-4-9-17-11;/h11H,3-10H2,1-2H3,(H2,13,14,15);1H.